The van der Waals surface area contributed by atoms with Gasteiger partial charge < -0.3 is 4.90 Å². The molecule has 1 saturated carbocycles. The Labute approximate surface area is 109 Å². The zero-order valence-corrected chi connectivity index (χ0v) is 11.3. The van der Waals surface area contributed by atoms with E-state index in [2.05, 4.69) is 17.9 Å². The molecule has 0 amide bonds. The van der Waals surface area contributed by atoms with Gasteiger partial charge in [0.1, 0.15) is 5.78 Å². The first-order chi connectivity index (χ1) is 8.72. The predicted octanol–water partition coefficient (Wildman–Crippen LogP) is 2.99. The molecule has 0 aromatic carbocycles. The monoisotopic (exact) mass is 245 g/mol. The molecule has 2 heteroatoms. The molecular weight excluding hydrogens is 222 g/mol. The summed E-state index contributed by atoms with van der Waals surface area (Å²) in [5, 5.41) is 0. The van der Waals surface area contributed by atoms with Crippen molar-refractivity contribution >= 4 is 5.78 Å². The molecule has 4 rings (SSSR count). The molecule has 2 aliphatic carbocycles. The third-order valence-electron chi connectivity index (χ3n) is 6.04. The maximum absolute atomic E-state index is 12.5. The van der Waals surface area contributed by atoms with Gasteiger partial charge in [0.05, 0.1) is 0 Å². The molecule has 4 atom stereocenters. The van der Waals surface area contributed by atoms with Crippen molar-refractivity contribution in [2.24, 2.45) is 23.2 Å². The van der Waals surface area contributed by atoms with Gasteiger partial charge in [0, 0.05) is 36.5 Å². The molecule has 18 heavy (non-hydrogen) atoms. The lowest BCUT2D eigenvalue weighted by Crippen LogP contribution is -2.47. The van der Waals surface area contributed by atoms with E-state index in [-0.39, 0.29) is 5.41 Å². The number of Topliss-reactive ketones (excluding diaryl/α,β-unsaturated/α-hetero) is 1. The zero-order valence-electron chi connectivity index (χ0n) is 11.3. The highest BCUT2D eigenvalue weighted by atomic mass is 16.1. The average molecular weight is 245 g/mol. The first kappa shape index (κ1) is 11.1. The summed E-state index contributed by atoms with van der Waals surface area (Å²) in [6.07, 6.45) is 9.59. The normalized spacial score (nSPS) is 46.5. The van der Waals surface area contributed by atoms with Gasteiger partial charge in [0.2, 0.25) is 0 Å². The fraction of sp³-hybridized carbons (Fsp3) is 0.812. The van der Waals surface area contributed by atoms with E-state index in [0.29, 0.717) is 23.5 Å². The number of piperidine rings is 1. The molecule has 0 radical (unpaired) electrons. The largest absolute Gasteiger partial charge is 0.375 e. The van der Waals surface area contributed by atoms with E-state index in [1.54, 1.807) is 5.70 Å². The lowest BCUT2D eigenvalue weighted by Gasteiger charge is -2.51. The lowest BCUT2D eigenvalue weighted by atomic mass is 9.59. The summed E-state index contributed by atoms with van der Waals surface area (Å²) in [5.74, 6) is 2.28. The van der Waals surface area contributed by atoms with Crippen LogP contribution in [-0.4, -0.2) is 23.8 Å². The van der Waals surface area contributed by atoms with Gasteiger partial charge in [-0.3, -0.25) is 4.79 Å². The van der Waals surface area contributed by atoms with Crippen LogP contribution in [0.4, 0.5) is 0 Å². The third-order valence-corrected chi connectivity index (χ3v) is 6.04. The fourth-order valence-corrected chi connectivity index (χ4v) is 5.49. The molecule has 2 bridgehead atoms. The minimum absolute atomic E-state index is 0.276. The molecule has 0 unspecified atom stereocenters. The number of hydrogen-bond donors (Lipinski definition) is 0. The number of nitrogens with zero attached hydrogens (tertiary/aromatic N) is 1. The summed E-state index contributed by atoms with van der Waals surface area (Å²) in [6.45, 7) is 4.75. The smallest absolute Gasteiger partial charge is 0.137 e. The summed E-state index contributed by atoms with van der Waals surface area (Å²) in [7, 11) is 0. The van der Waals surface area contributed by atoms with Crippen LogP contribution in [0.2, 0.25) is 0 Å². The molecule has 4 aliphatic rings. The molecule has 0 aromatic rings. The number of carbonyl (C=O) groups is 1. The molecule has 0 aromatic heterocycles. The van der Waals surface area contributed by atoms with E-state index in [9.17, 15) is 4.79 Å². The van der Waals surface area contributed by atoms with Gasteiger partial charge in [-0.15, -0.1) is 0 Å². The number of hydrogen-bond acceptors (Lipinski definition) is 2. The van der Waals surface area contributed by atoms with Crippen LogP contribution in [0, 0.1) is 23.2 Å². The van der Waals surface area contributed by atoms with Crippen LogP contribution in [-0.2, 0) is 4.79 Å². The van der Waals surface area contributed by atoms with Crippen molar-refractivity contribution < 1.29 is 4.79 Å². The van der Waals surface area contributed by atoms with Crippen molar-refractivity contribution in [1.82, 2.24) is 4.90 Å². The Morgan fingerprint density at radius 1 is 1.33 bits per heavy atom. The van der Waals surface area contributed by atoms with Crippen molar-refractivity contribution in [1.29, 1.82) is 0 Å². The van der Waals surface area contributed by atoms with Gasteiger partial charge in [0.25, 0.3) is 0 Å². The fourth-order valence-electron chi connectivity index (χ4n) is 5.49. The first-order valence-electron chi connectivity index (χ1n) is 7.72. The van der Waals surface area contributed by atoms with Crippen LogP contribution in [0.25, 0.3) is 0 Å². The van der Waals surface area contributed by atoms with E-state index < -0.39 is 0 Å². The van der Waals surface area contributed by atoms with Gasteiger partial charge in [0.15, 0.2) is 0 Å². The number of carbonyl (C=O) groups excluding carboxylic acids is 1. The molecule has 2 nitrogen and oxygen atoms in total. The number of allylic oxidation sites excluding steroid dienone is 2. The molecule has 0 N–H and O–H groups in total. The van der Waals surface area contributed by atoms with E-state index in [0.717, 1.165) is 12.8 Å². The molecule has 2 heterocycles. The Hall–Kier alpha value is -0.790. The molecular formula is C16H23NO. The lowest BCUT2D eigenvalue weighted by molar-refractivity contribution is -0.122. The SMILES string of the molecule is C[C@H]1C=C2N3CCC[C@@H]4C(=O)C[C@H](C1)[C@]24CCC3. The molecule has 2 saturated heterocycles. The van der Waals surface area contributed by atoms with Crippen molar-refractivity contribution in [2.75, 3.05) is 13.1 Å². The van der Waals surface area contributed by atoms with Crippen molar-refractivity contribution in [3.63, 3.8) is 0 Å². The quantitative estimate of drug-likeness (QED) is 0.654. The highest BCUT2D eigenvalue weighted by Crippen LogP contribution is 2.62. The minimum atomic E-state index is 0.276. The summed E-state index contributed by atoms with van der Waals surface area (Å²) in [5.41, 5.74) is 1.86. The summed E-state index contributed by atoms with van der Waals surface area (Å²) >= 11 is 0. The predicted molar refractivity (Wildman–Crippen MR) is 70.9 cm³/mol. The van der Waals surface area contributed by atoms with Crippen LogP contribution in [0.1, 0.15) is 45.4 Å². The standard InChI is InChI=1S/C16H23NO/c1-11-8-12-10-14(18)13-4-2-6-17-7-3-5-16(12,13)15(17)9-11/h9,11-13H,2-8,10H2,1H3/t11-,12+,13-,16+/m1/s1. The zero-order chi connectivity index (χ0) is 12.3. The van der Waals surface area contributed by atoms with Gasteiger partial charge in [-0.05, 0) is 43.9 Å². The Morgan fingerprint density at radius 2 is 2.17 bits per heavy atom. The van der Waals surface area contributed by atoms with Gasteiger partial charge in [-0.25, -0.2) is 0 Å². The van der Waals surface area contributed by atoms with Crippen LogP contribution >= 0.6 is 0 Å². The Balaban J connectivity index is 1.90. The van der Waals surface area contributed by atoms with E-state index in [4.69, 9.17) is 0 Å². The van der Waals surface area contributed by atoms with Crippen LogP contribution in [0.3, 0.4) is 0 Å². The van der Waals surface area contributed by atoms with Crippen molar-refractivity contribution in [3.05, 3.63) is 11.8 Å². The molecule has 2 aliphatic heterocycles. The molecule has 1 spiro atoms. The van der Waals surface area contributed by atoms with E-state index in [1.165, 1.54) is 38.8 Å². The maximum Gasteiger partial charge on any atom is 0.137 e. The van der Waals surface area contributed by atoms with Crippen molar-refractivity contribution in [2.45, 2.75) is 45.4 Å². The van der Waals surface area contributed by atoms with Crippen LogP contribution < -0.4 is 0 Å². The Kier molecular flexibility index (Phi) is 2.22. The van der Waals surface area contributed by atoms with Gasteiger partial charge in [-0.2, -0.15) is 0 Å². The second kappa shape index (κ2) is 3.61. The third kappa shape index (κ3) is 1.22. The summed E-state index contributed by atoms with van der Waals surface area (Å²) in [4.78, 5) is 15.1. The summed E-state index contributed by atoms with van der Waals surface area (Å²) in [6, 6.07) is 0. The van der Waals surface area contributed by atoms with Gasteiger partial charge >= 0.3 is 0 Å². The van der Waals surface area contributed by atoms with Crippen LogP contribution in [0.5, 0.6) is 0 Å². The van der Waals surface area contributed by atoms with Crippen molar-refractivity contribution in [3.8, 4) is 0 Å². The minimum Gasteiger partial charge on any atom is -0.375 e. The topological polar surface area (TPSA) is 20.3 Å². The number of ketones is 1. The highest BCUT2D eigenvalue weighted by Gasteiger charge is 2.60. The van der Waals surface area contributed by atoms with E-state index in [1.807, 2.05) is 0 Å². The van der Waals surface area contributed by atoms with E-state index >= 15 is 0 Å². The molecule has 98 valence electrons. The average Bonchev–Trinajstić information content (AvgIpc) is 2.55. The molecule has 3 fully saturated rings. The van der Waals surface area contributed by atoms with Crippen LogP contribution in [0.15, 0.2) is 11.8 Å². The summed E-state index contributed by atoms with van der Waals surface area (Å²) < 4.78 is 0. The van der Waals surface area contributed by atoms with Gasteiger partial charge in [-0.1, -0.05) is 13.0 Å². The number of rotatable bonds is 0. The Bertz CT molecular complexity index is 427. The second-order valence-electron chi connectivity index (χ2n) is 6.96. The maximum atomic E-state index is 12.5. The Morgan fingerprint density at radius 3 is 3.06 bits per heavy atom. The highest BCUT2D eigenvalue weighted by molar-refractivity contribution is 5.86. The second-order valence-corrected chi connectivity index (χ2v) is 6.96. The first-order valence-corrected chi connectivity index (χ1v) is 7.72.